The molecular formula is C50H38O6. The first kappa shape index (κ1) is 35.8. The van der Waals surface area contributed by atoms with Crippen molar-refractivity contribution in [2.24, 2.45) is 0 Å². The first-order valence-corrected chi connectivity index (χ1v) is 18.4. The van der Waals surface area contributed by atoms with Gasteiger partial charge in [-0.15, -0.1) is 0 Å². The Balaban J connectivity index is 1.49. The molecule has 0 amide bonds. The second-order valence-electron chi connectivity index (χ2n) is 13.3. The Hall–Kier alpha value is -7.18. The van der Waals surface area contributed by atoms with Gasteiger partial charge in [0.15, 0.2) is 13.2 Å². The molecule has 56 heavy (non-hydrogen) atoms. The van der Waals surface area contributed by atoms with E-state index < -0.39 is 11.9 Å². The Labute approximate surface area is 324 Å². The van der Waals surface area contributed by atoms with E-state index in [4.69, 9.17) is 18.9 Å². The van der Waals surface area contributed by atoms with Gasteiger partial charge in [-0.05, 0) is 66.7 Å². The van der Waals surface area contributed by atoms with Crippen molar-refractivity contribution in [1.82, 2.24) is 0 Å². The van der Waals surface area contributed by atoms with E-state index >= 15 is 0 Å². The van der Waals surface area contributed by atoms with Gasteiger partial charge in [-0.3, -0.25) is 0 Å². The number of esters is 2. The molecule has 0 N–H and O–H groups in total. The predicted octanol–water partition coefficient (Wildman–Crippen LogP) is 11.5. The zero-order valence-corrected chi connectivity index (χ0v) is 30.7. The highest BCUT2D eigenvalue weighted by molar-refractivity contribution is 6.25. The summed E-state index contributed by atoms with van der Waals surface area (Å²) >= 11 is 0. The first-order chi connectivity index (χ1) is 27.6. The van der Waals surface area contributed by atoms with Crippen molar-refractivity contribution in [3.05, 3.63) is 171 Å². The highest BCUT2D eigenvalue weighted by Gasteiger charge is 2.26. The number of ether oxygens (including phenoxy) is 4. The van der Waals surface area contributed by atoms with Crippen LogP contribution in [0.25, 0.3) is 76.5 Å². The third-order valence-electron chi connectivity index (χ3n) is 9.81. The Morgan fingerprint density at radius 1 is 0.411 bits per heavy atom. The molecule has 274 valence electrons. The van der Waals surface area contributed by atoms with Crippen LogP contribution in [0.2, 0.25) is 0 Å². The topological polar surface area (TPSA) is 71.1 Å². The Morgan fingerprint density at radius 3 is 1.18 bits per heavy atom. The molecule has 0 bridgehead atoms. The molecule has 6 heteroatoms. The smallest absolute Gasteiger partial charge is 0.344 e. The standard InChI is InChI=1S/C50H38O6/c1-3-27-53-45(51)31-55-49-41-21-13-11-19-37(41)43-29-35(33-15-7-5-8-16-33)23-25-39(43)47(49)48-40-26-24-36(34-17-9-6-10-18-34)30-44(40)38-20-12-14-22-42(38)50(48)56-32-46(52)54-28-4-2/h3-26,29-30H,1-2,27-28,31-32H2. The lowest BCUT2D eigenvalue weighted by Gasteiger charge is -2.23. The molecule has 8 aromatic carbocycles. The number of rotatable bonds is 13. The van der Waals surface area contributed by atoms with Crippen LogP contribution in [0.3, 0.4) is 0 Å². The first-order valence-electron chi connectivity index (χ1n) is 18.4. The molecule has 8 aromatic rings. The molecule has 0 aromatic heterocycles. The van der Waals surface area contributed by atoms with Gasteiger partial charge >= 0.3 is 11.9 Å². The van der Waals surface area contributed by atoms with E-state index in [0.717, 1.165) is 65.3 Å². The maximum Gasteiger partial charge on any atom is 0.344 e. The van der Waals surface area contributed by atoms with Gasteiger partial charge in [-0.25, -0.2) is 9.59 Å². The third-order valence-corrected chi connectivity index (χ3v) is 9.81. The molecule has 0 saturated heterocycles. The summed E-state index contributed by atoms with van der Waals surface area (Å²) in [5.41, 5.74) is 5.69. The minimum absolute atomic E-state index is 0.0643. The average Bonchev–Trinajstić information content (AvgIpc) is 3.26. The lowest BCUT2D eigenvalue weighted by Crippen LogP contribution is -2.16. The monoisotopic (exact) mass is 734 g/mol. The predicted molar refractivity (Wildman–Crippen MR) is 226 cm³/mol. The summed E-state index contributed by atoms with van der Waals surface area (Å²) in [5.74, 6) is -0.0913. The quantitative estimate of drug-likeness (QED) is 0.0667. The van der Waals surface area contributed by atoms with Gasteiger partial charge in [0.05, 0.1) is 0 Å². The van der Waals surface area contributed by atoms with Crippen LogP contribution in [-0.4, -0.2) is 38.4 Å². The fourth-order valence-electron chi connectivity index (χ4n) is 7.38. The average molecular weight is 735 g/mol. The van der Waals surface area contributed by atoms with E-state index in [2.05, 4.69) is 86.0 Å². The molecule has 0 radical (unpaired) electrons. The lowest BCUT2D eigenvalue weighted by molar-refractivity contribution is -0.145. The largest absolute Gasteiger partial charge is 0.481 e. The maximum absolute atomic E-state index is 13.0. The van der Waals surface area contributed by atoms with Gasteiger partial charge < -0.3 is 18.9 Å². The highest BCUT2D eigenvalue weighted by atomic mass is 16.6. The number of carbonyl (C=O) groups is 2. The Morgan fingerprint density at radius 2 is 0.786 bits per heavy atom. The SMILES string of the molecule is C=CCOC(=O)COc1c(-c2c(OCC(=O)OCC=C)c3ccccc3c3cc(-c4ccccc4)ccc23)c2ccc(-c3ccccc3)cc2c2ccccc12. The molecule has 0 unspecified atom stereocenters. The number of hydrogen-bond acceptors (Lipinski definition) is 6. The fraction of sp³-hybridized carbons (Fsp3) is 0.0800. The molecular weight excluding hydrogens is 697 g/mol. The number of hydrogen-bond donors (Lipinski definition) is 0. The van der Waals surface area contributed by atoms with Gasteiger partial charge in [-0.2, -0.15) is 0 Å². The van der Waals surface area contributed by atoms with Crippen LogP contribution in [0.4, 0.5) is 0 Å². The van der Waals surface area contributed by atoms with E-state index in [1.165, 1.54) is 12.2 Å². The molecule has 0 aliphatic heterocycles. The van der Waals surface area contributed by atoms with Gasteiger partial charge in [-0.1, -0.05) is 159 Å². The second kappa shape index (κ2) is 16.0. The normalized spacial score (nSPS) is 11.1. The van der Waals surface area contributed by atoms with Crippen LogP contribution < -0.4 is 9.47 Å². The van der Waals surface area contributed by atoms with Crippen molar-refractivity contribution >= 4 is 55.0 Å². The summed E-state index contributed by atoms with van der Waals surface area (Å²) in [4.78, 5) is 26.1. The van der Waals surface area contributed by atoms with Crippen molar-refractivity contribution in [3.8, 4) is 44.9 Å². The zero-order valence-electron chi connectivity index (χ0n) is 30.7. The van der Waals surface area contributed by atoms with E-state index in [9.17, 15) is 9.59 Å². The molecule has 6 nitrogen and oxygen atoms in total. The summed E-state index contributed by atoms with van der Waals surface area (Å²) in [6.45, 7) is 6.79. The Bertz CT molecular complexity index is 2580. The minimum Gasteiger partial charge on any atom is -0.481 e. The third kappa shape index (κ3) is 6.96. The lowest BCUT2D eigenvalue weighted by atomic mass is 9.85. The summed E-state index contributed by atoms with van der Waals surface area (Å²) in [7, 11) is 0. The highest BCUT2D eigenvalue weighted by Crippen LogP contribution is 2.53. The van der Waals surface area contributed by atoms with Gasteiger partial charge in [0, 0.05) is 21.9 Å². The van der Waals surface area contributed by atoms with E-state index in [1.807, 2.05) is 72.8 Å². The van der Waals surface area contributed by atoms with Crippen LogP contribution in [0.5, 0.6) is 11.5 Å². The molecule has 0 aliphatic rings. The van der Waals surface area contributed by atoms with Crippen molar-refractivity contribution in [2.45, 2.75) is 0 Å². The van der Waals surface area contributed by atoms with E-state index in [-0.39, 0.29) is 26.4 Å². The zero-order chi connectivity index (χ0) is 38.4. The Kier molecular flexibility index (Phi) is 10.3. The fourth-order valence-corrected chi connectivity index (χ4v) is 7.38. The molecule has 8 rings (SSSR count). The molecule has 0 saturated carbocycles. The summed E-state index contributed by atoms with van der Waals surface area (Å²) in [5, 5.41) is 7.22. The molecule has 0 aliphatic carbocycles. The number of benzene rings is 8. The van der Waals surface area contributed by atoms with Crippen molar-refractivity contribution in [3.63, 3.8) is 0 Å². The van der Waals surface area contributed by atoms with Crippen LogP contribution in [-0.2, 0) is 19.1 Å². The summed E-state index contributed by atoms with van der Waals surface area (Å²) in [6.07, 6.45) is 3.04. The number of carbonyl (C=O) groups excluding carboxylic acids is 2. The molecule has 0 spiro atoms. The molecule has 0 heterocycles. The molecule has 0 fully saturated rings. The summed E-state index contributed by atoms with van der Waals surface area (Å²) < 4.78 is 23.9. The summed E-state index contributed by atoms with van der Waals surface area (Å²) in [6, 6.07) is 49.3. The van der Waals surface area contributed by atoms with Crippen LogP contribution in [0.1, 0.15) is 0 Å². The van der Waals surface area contributed by atoms with Crippen molar-refractivity contribution in [2.75, 3.05) is 26.4 Å². The van der Waals surface area contributed by atoms with Crippen LogP contribution in [0, 0.1) is 0 Å². The second-order valence-corrected chi connectivity index (χ2v) is 13.3. The van der Waals surface area contributed by atoms with Crippen LogP contribution >= 0.6 is 0 Å². The molecule has 0 atom stereocenters. The van der Waals surface area contributed by atoms with E-state index in [1.54, 1.807) is 0 Å². The van der Waals surface area contributed by atoms with Gasteiger partial charge in [0.2, 0.25) is 0 Å². The van der Waals surface area contributed by atoms with Crippen molar-refractivity contribution in [1.29, 1.82) is 0 Å². The van der Waals surface area contributed by atoms with Gasteiger partial charge in [0.25, 0.3) is 0 Å². The van der Waals surface area contributed by atoms with E-state index in [0.29, 0.717) is 22.6 Å². The van der Waals surface area contributed by atoms with Crippen molar-refractivity contribution < 1.29 is 28.5 Å². The van der Waals surface area contributed by atoms with Crippen LogP contribution in [0.15, 0.2) is 171 Å². The minimum atomic E-state index is -0.531. The van der Waals surface area contributed by atoms with Gasteiger partial charge in [0.1, 0.15) is 24.7 Å². The maximum atomic E-state index is 13.0. The number of fused-ring (bicyclic) bond motifs is 6.